The van der Waals surface area contributed by atoms with E-state index < -0.39 is 0 Å². The van der Waals surface area contributed by atoms with Crippen molar-refractivity contribution in [1.29, 1.82) is 0 Å². The van der Waals surface area contributed by atoms with Gasteiger partial charge < -0.3 is 4.74 Å². The minimum atomic E-state index is -0.344. The molecule has 0 aliphatic rings. The van der Waals surface area contributed by atoms with Crippen molar-refractivity contribution in [2.24, 2.45) is 0 Å². The first-order chi connectivity index (χ1) is 5.24. The van der Waals surface area contributed by atoms with E-state index in [2.05, 4.69) is 19.7 Å². The molecule has 0 radical (unpaired) electrons. The van der Waals surface area contributed by atoms with Crippen molar-refractivity contribution < 1.29 is 14.2 Å². The second-order valence-electron chi connectivity index (χ2n) is 2.05. The van der Waals surface area contributed by atoms with Crippen LogP contribution in [0.1, 0.15) is 11.4 Å². The molecule has 0 aliphatic heterocycles. The molecule has 0 saturated heterocycles. The molecular weight excluding hydrogens is 148 g/mol. The number of methoxy groups -OCH3 is 1. The molecule has 11 heavy (non-hydrogen) atoms. The van der Waals surface area contributed by atoms with Crippen LogP contribution in [0.5, 0.6) is 0 Å². The molecule has 5 nitrogen and oxygen atoms in total. The molecule has 0 saturated carbocycles. The average Bonchev–Trinajstić information content (AvgIpc) is 2.37. The van der Waals surface area contributed by atoms with E-state index >= 15 is 0 Å². The average molecular weight is 156 g/mol. The summed E-state index contributed by atoms with van der Waals surface area (Å²) in [5.74, 6) is -0.344. The summed E-state index contributed by atoms with van der Waals surface area (Å²) in [6.45, 7) is 1.72. The van der Waals surface area contributed by atoms with Crippen LogP contribution in [0.3, 0.4) is 0 Å². The molecule has 0 bridgehead atoms. The van der Waals surface area contributed by atoms with Gasteiger partial charge in [0.15, 0.2) is 0 Å². The third-order valence-corrected chi connectivity index (χ3v) is 1.29. The lowest BCUT2D eigenvalue weighted by Gasteiger charge is -1.93. The predicted molar refractivity (Wildman–Crippen MR) is 34.8 cm³/mol. The largest absolute Gasteiger partial charge is 0.469 e. The van der Waals surface area contributed by atoms with Gasteiger partial charge in [-0.1, -0.05) is 10.3 Å². The fraction of sp³-hybridized carbons (Fsp3) is 0.500. The quantitative estimate of drug-likeness (QED) is 0.568. The van der Waals surface area contributed by atoms with Crippen LogP contribution in [-0.4, -0.2) is 23.4 Å². The van der Waals surface area contributed by atoms with Gasteiger partial charge in [0.1, 0.15) is 11.4 Å². The van der Waals surface area contributed by atoms with Crippen molar-refractivity contribution in [1.82, 2.24) is 10.3 Å². The van der Waals surface area contributed by atoms with E-state index in [-0.39, 0.29) is 12.4 Å². The Hall–Kier alpha value is -1.39. The van der Waals surface area contributed by atoms with Gasteiger partial charge in [-0.15, -0.1) is 0 Å². The van der Waals surface area contributed by atoms with Gasteiger partial charge in [0.25, 0.3) is 0 Å². The highest BCUT2D eigenvalue weighted by atomic mass is 16.6. The lowest BCUT2D eigenvalue weighted by molar-refractivity contribution is -0.139. The number of nitrogens with zero attached hydrogens (tertiary/aromatic N) is 2. The van der Waals surface area contributed by atoms with Gasteiger partial charge in [0.05, 0.1) is 13.5 Å². The third-order valence-electron chi connectivity index (χ3n) is 1.29. The smallest absolute Gasteiger partial charge is 0.311 e. The minimum Gasteiger partial charge on any atom is -0.469 e. The Morgan fingerprint density at radius 2 is 2.36 bits per heavy atom. The van der Waals surface area contributed by atoms with E-state index in [1.54, 1.807) is 6.92 Å². The molecule has 0 aromatic carbocycles. The molecule has 0 fully saturated rings. The molecule has 0 unspecified atom stereocenters. The van der Waals surface area contributed by atoms with Crippen molar-refractivity contribution in [2.45, 2.75) is 13.3 Å². The monoisotopic (exact) mass is 156 g/mol. The Kier molecular flexibility index (Phi) is 2.20. The van der Waals surface area contributed by atoms with Gasteiger partial charge in [-0.2, -0.15) is 0 Å². The van der Waals surface area contributed by atoms with Gasteiger partial charge in [0.2, 0.25) is 0 Å². The zero-order chi connectivity index (χ0) is 8.27. The third kappa shape index (κ3) is 1.76. The van der Waals surface area contributed by atoms with Crippen molar-refractivity contribution >= 4 is 5.97 Å². The van der Waals surface area contributed by atoms with Crippen LogP contribution in [0.4, 0.5) is 0 Å². The number of carbonyl (C=O) groups excluding carboxylic acids is 1. The Labute approximate surface area is 63.3 Å². The topological polar surface area (TPSA) is 65.2 Å². The lowest BCUT2D eigenvalue weighted by Crippen LogP contribution is -2.05. The molecule has 1 rings (SSSR count). The molecule has 0 amide bonds. The molecule has 0 N–H and O–H groups in total. The first-order valence-electron chi connectivity index (χ1n) is 3.09. The summed E-state index contributed by atoms with van der Waals surface area (Å²) in [7, 11) is 1.32. The lowest BCUT2D eigenvalue weighted by atomic mass is 10.3. The number of aryl methyl sites for hydroxylation is 1. The minimum absolute atomic E-state index is 0.117. The van der Waals surface area contributed by atoms with E-state index in [4.69, 9.17) is 0 Å². The molecule has 0 atom stereocenters. The highest BCUT2D eigenvalue weighted by molar-refractivity contribution is 5.71. The molecule has 5 heteroatoms. The van der Waals surface area contributed by atoms with E-state index in [9.17, 15) is 4.79 Å². The van der Waals surface area contributed by atoms with Gasteiger partial charge in [-0.3, -0.25) is 4.79 Å². The summed E-state index contributed by atoms with van der Waals surface area (Å²) >= 11 is 0. The molecule has 1 aromatic rings. The van der Waals surface area contributed by atoms with E-state index in [0.717, 1.165) is 0 Å². The molecule has 1 aromatic heterocycles. The number of rotatable bonds is 2. The van der Waals surface area contributed by atoms with Crippen LogP contribution < -0.4 is 0 Å². The van der Waals surface area contributed by atoms with Gasteiger partial charge in [-0.05, 0) is 6.92 Å². The van der Waals surface area contributed by atoms with Crippen molar-refractivity contribution in [2.75, 3.05) is 7.11 Å². The summed E-state index contributed by atoms with van der Waals surface area (Å²) in [5, 5.41) is 7.03. The number of hydrogen-bond donors (Lipinski definition) is 0. The second kappa shape index (κ2) is 3.14. The number of aromatic nitrogens is 2. The first kappa shape index (κ1) is 7.71. The highest BCUT2D eigenvalue weighted by Gasteiger charge is 2.09. The maximum atomic E-state index is 10.7. The number of carbonyl (C=O) groups is 1. The normalized spacial score (nSPS) is 9.64. The zero-order valence-corrected chi connectivity index (χ0v) is 6.33. The Morgan fingerprint density at radius 3 is 2.82 bits per heavy atom. The Balaban J connectivity index is 2.64. The standard InChI is InChI=1S/C6H8N2O3/c1-4-5(8-11-7-4)3-6(9)10-2/h3H2,1-2H3. The summed E-state index contributed by atoms with van der Waals surface area (Å²) in [6.07, 6.45) is 0.117. The van der Waals surface area contributed by atoms with Crippen LogP contribution >= 0.6 is 0 Å². The Bertz CT molecular complexity index is 256. The maximum Gasteiger partial charge on any atom is 0.311 e. The number of esters is 1. The van der Waals surface area contributed by atoms with E-state index in [0.29, 0.717) is 11.4 Å². The first-order valence-corrected chi connectivity index (χ1v) is 3.09. The summed E-state index contributed by atoms with van der Waals surface area (Å²) in [5.41, 5.74) is 1.15. The van der Waals surface area contributed by atoms with E-state index in [1.807, 2.05) is 0 Å². The van der Waals surface area contributed by atoms with Crippen LogP contribution in [0, 0.1) is 6.92 Å². The zero-order valence-electron chi connectivity index (χ0n) is 6.33. The van der Waals surface area contributed by atoms with Crippen LogP contribution in [0.25, 0.3) is 0 Å². The van der Waals surface area contributed by atoms with Gasteiger partial charge in [-0.25, -0.2) is 4.63 Å². The maximum absolute atomic E-state index is 10.7. The molecule has 0 aliphatic carbocycles. The fourth-order valence-corrected chi connectivity index (χ4v) is 0.619. The summed E-state index contributed by atoms with van der Waals surface area (Å²) in [6, 6.07) is 0. The highest BCUT2D eigenvalue weighted by Crippen LogP contribution is 2.01. The second-order valence-corrected chi connectivity index (χ2v) is 2.05. The van der Waals surface area contributed by atoms with Crippen molar-refractivity contribution in [3.05, 3.63) is 11.4 Å². The SMILES string of the molecule is COC(=O)Cc1nonc1C. The number of hydrogen-bond acceptors (Lipinski definition) is 5. The van der Waals surface area contributed by atoms with Crippen molar-refractivity contribution in [3.8, 4) is 0 Å². The molecule has 60 valence electrons. The molecule has 1 heterocycles. The molecule has 0 spiro atoms. The van der Waals surface area contributed by atoms with Gasteiger partial charge in [0, 0.05) is 0 Å². The van der Waals surface area contributed by atoms with Crippen LogP contribution in [0.15, 0.2) is 4.63 Å². The van der Waals surface area contributed by atoms with Crippen molar-refractivity contribution in [3.63, 3.8) is 0 Å². The van der Waals surface area contributed by atoms with Crippen LogP contribution in [-0.2, 0) is 16.0 Å². The Morgan fingerprint density at radius 1 is 1.64 bits per heavy atom. The fourth-order valence-electron chi connectivity index (χ4n) is 0.619. The summed E-state index contributed by atoms with van der Waals surface area (Å²) < 4.78 is 8.81. The van der Waals surface area contributed by atoms with E-state index in [1.165, 1.54) is 7.11 Å². The summed E-state index contributed by atoms with van der Waals surface area (Å²) in [4.78, 5) is 10.7. The molecular formula is C6H8N2O3. The predicted octanol–water partition coefficient (Wildman–Crippen LogP) is 0.0935. The van der Waals surface area contributed by atoms with Gasteiger partial charge >= 0.3 is 5.97 Å². The van der Waals surface area contributed by atoms with Crippen LogP contribution in [0.2, 0.25) is 0 Å². The number of ether oxygens (including phenoxy) is 1.